The molecule has 188 valence electrons. The monoisotopic (exact) mass is 530 g/mol. The number of benzene rings is 4. The fraction of sp³-hybridized carbons (Fsp3) is 0.107. The molecule has 0 saturated carbocycles. The van der Waals surface area contributed by atoms with Crippen molar-refractivity contribution in [1.29, 1.82) is 0 Å². The highest BCUT2D eigenvalue weighted by Gasteiger charge is 2.34. The summed E-state index contributed by atoms with van der Waals surface area (Å²) in [6, 6.07) is 17.9. The molecule has 0 spiro atoms. The summed E-state index contributed by atoms with van der Waals surface area (Å²) < 4.78 is 84.8. The minimum Gasteiger partial charge on any atom is -0.259 e. The normalized spacial score (nSPS) is 11.9. The average Bonchev–Trinajstić information content (AvgIpc) is 3.20. The second-order valence-electron chi connectivity index (χ2n) is 8.55. The summed E-state index contributed by atoms with van der Waals surface area (Å²) in [5.74, 6) is -2.01. The van der Waals surface area contributed by atoms with Gasteiger partial charge in [-0.3, -0.25) is 4.68 Å². The molecule has 0 unspecified atom stereocenters. The molecule has 1 aromatic heterocycles. The van der Waals surface area contributed by atoms with Gasteiger partial charge in [0.2, 0.25) is 0 Å². The summed E-state index contributed by atoms with van der Waals surface area (Å²) >= 11 is 5.85. The predicted octanol–water partition coefficient (Wildman–Crippen LogP) is 8.43. The van der Waals surface area contributed by atoms with Gasteiger partial charge in [-0.05, 0) is 41.5 Å². The molecular formula is C28H17ClF6N2. The molecule has 9 heteroatoms. The molecule has 1 heterocycles. The van der Waals surface area contributed by atoms with E-state index in [0.29, 0.717) is 16.8 Å². The van der Waals surface area contributed by atoms with E-state index >= 15 is 0 Å². The molecule has 0 atom stereocenters. The van der Waals surface area contributed by atoms with Crippen LogP contribution in [0.3, 0.4) is 0 Å². The van der Waals surface area contributed by atoms with Crippen LogP contribution < -0.4 is 0 Å². The molecule has 0 bridgehead atoms. The summed E-state index contributed by atoms with van der Waals surface area (Å²) in [6.45, 7) is -0.152. The van der Waals surface area contributed by atoms with Crippen molar-refractivity contribution in [3.05, 3.63) is 124 Å². The first-order valence-electron chi connectivity index (χ1n) is 11.1. The maximum atomic E-state index is 14.6. The molecule has 5 rings (SSSR count). The van der Waals surface area contributed by atoms with Crippen molar-refractivity contribution in [2.45, 2.75) is 19.1 Å². The van der Waals surface area contributed by atoms with Gasteiger partial charge >= 0.3 is 6.18 Å². The van der Waals surface area contributed by atoms with E-state index in [2.05, 4.69) is 5.10 Å². The van der Waals surface area contributed by atoms with Crippen LogP contribution in [-0.4, -0.2) is 9.78 Å². The Morgan fingerprint density at radius 2 is 1.51 bits per heavy atom. The molecule has 0 aliphatic carbocycles. The Hall–Kier alpha value is -3.78. The lowest BCUT2D eigenvalue weighted by atomic mass is 9.99. The standard InChI is InChI=1S/C28H17ClF6N2/c29-20-9-7-19(24(31)13-20)15-37-27(22-5-2-6-23(26(22)36-37)28(33,34)35)18-4-1-3-16(12-18)11-17-8-10-21(30)14-25(17)32/h1-10,12-14H,11,15H2. The van der Waals surface area contributed by atoms with Crippen molar-refractivity contribution >= 4 is 22.5 Å². The molecular weight excluding hydrogens is 514 g/mol. The molecule has 0 radical (unpaired) electrons. The van der Waals surface area contributed by atoms with Crippen LogP contribution in [0.15, 0.2) is 78.9 Å². The third-order valence-electron chi connectivity index (χ3n) is 6.02. The molecule has 0 aliphatic rings. The summed E-state index contributed by atoms with van der Waals surface area (Å²) in [5.41, 5.74) is 0.776. The van der Waals surface area contributed by atoms with Gasteiger partial charge in [0.15, 0.2) is 0 Å². The van der Waals surface area contributed by atoms with E-state index in [9.17, 15) is 26.3 Å². The summed E-state index contributed by atoms with van der Waals surface area (Å²) in [5, 5.41) is 4.67. The molecule has 0 amide bonds. The average molecular weight is 531 g/mol. The number of fused-ring (bicyclic) bond motifs is 1. The van der Waals surface area contributed by atoms with Crippen LogP contribution in [-0.2, 0) is 19.1 Å². The van der Waals surface area contributed by atoms with Crippen molar-refractivity contribution in [1.82, 2.24) is 9.78 Å². The third-order valence-corrected chi connectivity index (χ3v) is 6.26. The van der Waals surface area contributed by atoms with E-state index in [4.69, 9.17) is 11.6 Å². The van der Waals surface area contributed by atoms with Gasteiger partial charge in [-0.1, -0.05) is 54.1 Å². The molecule has 0 saturated heterocycles. The zero-order valence-electron chi connectivity index (χ0n) is 19.0. The minimum atomic E-state index is -4.65. The van der Waals surface area contributed by atoms with Crippen molar-refractivity contribution < 1.29 is 26.3 Å². The molecule has 0 aliphatic heterocycles. The lowest BCUT2D eigenvalue weighted by Gasteiger charge is -2.11. The van der Waals surface area contributed by atoms with Gasteiger partial charge in [-0.15, -0.1) is 0 Å². The third kappa shape index (κ3) is 5.06. The SMILES string of the molecule is Fc1ccc(Cc2cccc(-c3c4cccc(C(F)(F)F)c4nn3Cc3ccc(Cl)cc3F)c2)c(F)c1. The predicted molar refractivity (Wildman–Crippen MR) is 130 cm³/mol. The van der Waals surface area contributed by atoms with Gasteiger partial charge in [-0.25, -0.2) is 13.2 Å². The van der Waals surface area contributed by atoms with E-state index in [-0.39, 0.29) is 40.0 Å². The van der Waals surface area contributed by atoms with E-state index in [0.717, 1.165) is 24.3 Å². The Morgan fingerprint density at radius 1 is 0.784 bits per heavy atom. The van der Waals surface area contributed by atoms with Gasteiger partial charge in [0.05, 0.1) is 17.8 Å². The molecule has 4 aromatic carbocycles. The van der Waals surface area contributed by atoms with Gasteiger partial charge in [0, 0.05) is 34.0 Å². The first-order chi connectivity index (χ1) is 17.6. The van der Waals surface area contributed by atoms with E-state index in [1.54, 1.807) is 24.3 Å². The number of hydrogen-bond acceptors (Lipinski definition) is 1. The van der Waals surface area contributed by atoms with Gasteiger partial charge < -0.3 is 0 Å². The Morgan fingerprint density at radius 3 is 2.24 bits per heavy atom. The molecule has 2 nitrogen and oxygen atoms in total. The van der Waals surface area contributed by atoms with E-state index in [1.807, 2.05) is 0 Å². The number of hydrogen-bond donors (Lipinski definition) is 0. The first-order valence-corrected chi connectivity index (χ1v) is 11.5. The van der Waals surface area contributed by atoms with Crippen molar-refractivity contribution in [3.63, 3.8) is 0 Å². The Kier molecular flexibility index (Phi) is 6.45. The van der Waals surface area contributed by atoms with Crippen molar-refractivity contribution in [2.75, 3.05) is 0 Å². The van der Waals surface area contributed by atoms with Crippen LogP contribution in [0.5, 0.6) is 0 Å². The molecule has 0 N–H and O–H groups in total. The lowest BCUT2D eigenvalue weighted by Crippen LogP contribution is -2.07. The summed E-state index contributed by atoms with van der Waals surface area (Å²) in [7, 11) is 0. The van der Waals surface area contributed by atoms with Crippen LogP contribution in [0.4, 0.5) is 26.3 Å². The fourth-order valence-electron chi connectivity index (χ4n) is 4.32. The first kappa shape index (κ1) is 24.9. The van der Waals surface area contributed by atoms with Crippen molar-refractivity contribution in [2.24, 2.45) is 0 Å². The van der Waals surface area contributed by atoms with E-state index in [1.165, 1.54) is 35.0 Å². The number of halogens is 7. The number of nitrogens with zero attached hydrogens (tertiary/aromatic N) is 2. The molecule has 0 fully saturated rings. The zero-order chi connectivity index (χ0) is 26.3. The largest absolute Gasteiger partial charge is 0.418 e. The van der Waals surface area contributed by atoms with Crippen LogP contribution in [0.1, 0.15) is 22.3 Å². The summed E-state index contributed by atoms with van der Waals surface area (Å²) in [6.07, 6.45) is -4.52. The minimum absolute atomic E-state index is 0.131. The highest BCUT2D eigenvalue weighted by Crippen LogP contribution is 2.38. The van der Waals surface area contributed by atoms with Crippen molar-refractivity contribution in [3.8, 4) is 11.3 Å². The lowest BCUT2D eigenvalue weighted by molar-refractivity contribution is -0.136. The Bertz CT molecular complexity index is 1620. The quantitative estimate of drug-likeness (QED) is 0.208. The summed E-state index contributed by atoms with van der Waals surface area (Å²) in [4.78, 5) is 0. The molecule has 5 aromatic rings. The second-order valence-corrected chi connectivity index (χ2v) is 8.99. The van der Waals surface area contributed by atoms with Crippen LogP contribution in [0.2, 0.25) is 5.02 Å². The maximum absolute atomic E-state index is 14.6. The van der Waals surface area contributed by atoms with Gasteiger partial charge in [0.1, 0.15) is 23.0 Å². The van der Waals surface area contributed by atoms with Crippen LogP contribution >= 0.6 is 11.6 Å². The maximum Gasteiger partial charge on any atom is 0.418 e. The highest BCUT2D eigenvalue weighted by molar-refractivity contribution is 6.30. The van der Waals surface area contributed by atoms with Gasteiger partial charge in [-0.2, -0.15) is 18.3 Å². The number of alkyl halides is 3. The van der Waals surface area contributed by atoms with E-state index < -0.39 is 29.2 Å². The van der Waals surface area contributed by atoms with Crippen LogP contribution in [0, 0.1) is 17.5 Å². The molecule has 37 heavy (non-hydrogen) atoms. The van der Waals surface area contributed by atoms with Gasteiger partial charge in [0.25, 0.3) is 0 Å². The fourth-order valence-corrected chi connectivity index (χ4v) is 4.48. The number of rotatable bonds is 5. The highest BCUT2D eigenvalue weighted by atomic mass is 35.5. The Balaban J connectivity index is 1.66. The zero-order valence-corrected chi connectivity index (χ0v) is 19.7. The second kappa shape index (κ2) is 9.59. The number of aromatic nitrogens is 2. The van der Waals surface area contributed by atoms with Crippen LogP contribution in [0.25, 0.3) is 22.2 Å². The topological polar surface area (TPSA) is 17.8 Å². The Labute approximate surface area is 212 Å². The smallest absolute Gasteiger partial charge is 0.259 e.